The third-order valence-corrected chi connectivity index (χ3v) is 9.07. The average Bonchev–Trinajstić information content (AvgIpc) is 3.67. The van der Waals surface area contributed by atoms with E-state index in [2.05, 4.69) is 21.0 Å². The summed E-state index contributed by atoms with van der Waals surface area (Å²) < 4.78 is 26.3. The van der Waals surface area contributed by atoms with Gasteiger partial charge in [-0.1, -0.05) is 17.3 Å². The number of oxime groups is 1. The Kier molecular flexibility index (Phi) is 7.34. The maximum absolute atomic E-state index is 13.8. The van der Waals surface area contributed by atoms with Gasteiger partial charge >= 0.3 is 5.97 Å². The summed E-state index contributed by atoms with van der Waals surface area (Å²) in [5.41, 5.74) is 3.27. The number of amidine groups is 1. The zero-order valence-electron chi connectivity index (χ0n) is 24.2. The van der Waals surface area contributed by atoms with Crippen LogP contribution < -0.4 is 9.47 Å². The van der Waals surface area contributed by atoms with E-state index < -0.39 is 11.4 Å². The van der Waals surface area contributed by atoms with Gasteiger partial charge in [-0.05, 0) is 81.7 Å². The van der Waals surface area contributed by atoms with Crippen LogP contribution in [0.1, 0.15) is 69.9 Å². The van der Waals surface area contributed by atoms with Crippen molar-refractivity contribution in [2.24, 2.45) is 10.6 Å². The van der Waals surface area contributed by atoms with Gasteiger partial charge in [0.25, 0.3) is 0 Å². The van der Waals surface area contributed by atoms with Crippen molar-refractivity contribution in [2.75, 3.05) is 39.4 Å². The van der Waals surface area contributed by atoms with Crippen molar-refractivity contribution < 1.29 is 28.6 Å². The van der Waals surface area contributed by atoms with Crippen molar-refractivity contribution in [3.05, 3.63) is 47.3 Å². The molecule has 9 heteroatoms. The molecule has 2 aromatic rings. The van der Waals surface area contributed by atoms with E-state index in [9.17, 15) is 14.3 Å². The highest BCUT2D eigenvalue weighted by Gasteiger charge is 2.51. The molecular weight excluding hydrogens is 525 g/mol. The first-order valence-electron chi connectivity index (χ1n) is 14.9. The van der Waals surface area contributed by atoms with Gasteiger partial charge in [0.05, 0.1) is 30.6 Å². The first-order chi connectivity index (χ1) is 19.7. The van der Waals surface area contributed by atoms with E-state index in [1.807, 2.05) is 20.8 Å². The number of nitrogens with zero attached hydrogens (tertiary/aromatic N) is 3. The van der Waals surface area contributed by atoms with E-state index in [1.54, 1.807) is 12.1 Å². The van der Waals surface area contributed by atoms with Gasteiger partial charge in [0.15, 0.2) is 5.60 Å². The fourth-order valence-corrected chi connectivity index (χ4v) is 6.54. The number of ether oxygens (including phenoxy) is 2. The van der Waals surface area contributed by atoms with Gasteiger partial charge in [0.1, 0.15) is 23.2 Å². The number of rotatable bonds is 9. The Morgan fingerprint density at radius 2 is 1.80 bits per heavy atom. The van der Waals surface area contributed by atoms with E-state index >= 15 is 0 Å². The number of halogens is 1. The van der Waals surface area contributed by atoms with E-state index in [1.165, 1.54) is 23.3 Å². The maximum Gasteiger partial charge on any atom is 0.309 e. The molecule has 1 aliphatic carbocycles. The van der Waals surface area contributed by atoms with E-state index in [0.717, 1.165) is 67.4 Å². The van der Waals surface area contributed by atoms with E-state index in [-0.39, 0.29) is 11.4 Å². The van der Waals surface area contributed by atoms with Crippen LogP contribution in [0.25, 0.3) is 11.1 Å². The highest BCUT2D eigenvalue weighted by atomic mass is 19.1. The predicted molar refractivity (Wildman–Crippen MR) is 154 cm³/mol. The molecule has 0 radical (unpaired) electrons. The zero-order chi connectivity index (χ0) is 28.8. The Hall–Kier alpha value is -3.33. The topological polar surface area (TPSA) is 83.8 Å². The Labute approximate surface area is 241 Å². The largest absolute Gasteiger partial charge is 0.493 e. The number of benzene rings is 2. The summed E-state index contributed by atoms with van der Waals surface area (Å²) in [6.45, 7) is 10.6. The third kappa shape index (κ3) is 5.36. The number of hydrogen-bond donors (Lipinski definition) is 1. The molecule has 8 nitrogen and oxygen atoms in total. The van der Waals surface area contributed by atoms with Crippen molar-refractivity contribution in [2.45, 2.75) is 70.9 Å². The van der Waals surface area contributed by atoms with Gasteiger partial charge in [-0.3, -0.25) is 9.69 Å². The molecule has 0 atom stereocenters. The number of likely N-dealkylation sites (tertiary alicyclic amines) is 2. The van der Waals surface area contributed by atoms with Crippen LogP contribution in [0.4, 0.5) is 4.39 Å². The Balaban J connectivity index is 1.19. The van der Waals surface area contributed by atoms with Gasteiger partial charge in [0, 0.05) is 38.3 Å². The number of carbonyl (C=O) groups is 1. The summed E-state index contributed by atoms with van der Waals surface area (Å²) in [6.07, 6.45) is 4.24. The van der Waals surface area contributed by atoms with Crippen LogP contribution in [-0.2, 0) is 16.2 Å². The van der Waals surface area contributed by atoms with Crippen molar-refractivity contribution in [1.82, 2.24) is 9.80 Å². The van der Waals surface area contributed by atoms with Gasteiger partial charge in [-0.2, -0.15) is 0 Å². The molecule has 0 amide bonds. The monoisotopic (exact) mass is 565 g/mol. The van der Waals surface area contributed by atoms with Crippen LogP contribution >= 0.6 is 0 Å². The minimum atomic E-state index is -0.718. The normalized spacial score (nSPS) is 21.3. The second-order valence-corrected chi connectivity index (χ2v) is 12.3. The summed E-state index contributed by atoms with van der Waals surface area (Å²) in [6, 6.07) is 8.72. The molecule has 1 N–H and O–H groups in total. The fourth-order valence-electron chi connectivity index (χ4n) is 6.54. The molecule has 3 aliphatic heterocycles. The summed E-state index contributed by atoms with van der Waals surface area (Å²) in [4.78, 5) is 22.2. The molecule has 6 rings (SSSR count). The molecule has 0 bridgehead atoms. The lowest BCUT2D eigenvalue weighted by Gasteiger charge is -2.46. The summed E-state index contributed by atoms with van der Waals surface area (Å²) in [7, 11) is 0. The molecule has 2 aromatic carbocycles. The van der Waals surface area contributed by atoms with Crippen molar-refractivity contribution in [1.29, 1.82) is 0 Å². The Morgan fingerprint density at radius 3 is 2.41 bits per heavy atom. The molecule has 41 heavy (non-hydrogen) atoms. The quantitative estimate of drug-likeness (QED) is 0.421. The first-order valence-corrected chi connectivity index (χ1v) is 14.9. The van der Waals surface area contributed by atoms with Crippen molar-refractivity contribution in [3.63, 3.8) is 0 Å². The zero-order valence-corrected chi connectivity index (χ0v) is 24.2. The SMILES string of the molecule is CCOc1cc(CN2CC3(CC(N4CCC(C)(C(=O)O)CC4)=NO3)C2)c(C2CC2)c(OCC)c1-c1ccc(F)cc1. The van der Waals surface area contributed by atoms with Crippen molar-refractivity contribution in [3.8, 4) is 22.6 Å². The number of carboxylic acid groups (broad SMARTS) is 1. The molecule has 0 aromatic heterocycles. The van der Waals surface area contributed by atoms with E-state index in [4.69, 9.17) is 14.3 Å². The van der Waals surface area contributed by atoms with Gasteiger partial charge in [0.2, 0.25) is 0 Å². The van der Waals surface area contributed by atoms with Crippen molar-refractivity contribution >= 4 is 11.8 Å². The molecule has 1 saturated carbocycles. The number of hydrogen-bond acceptors (Lipinski definition) is 7. The fraction of sp³-hybridized carbons (Fsp3) is 0.562. The highest BCUT2D eigenvalue weighted by Crippen LogP contribution is 2.53. The van der Waals surface area contributed by atoms with Gasteiger partial charge < -0.3 is 24.3 Å². The standard InChI is InChI=1S/C32H40FN3O5/c1-4-39-25-16-23(27(21-6-7-21)29(40-5-2)28(25)22-8-10-24(33)11-9-22)18-35-19-32(20-35)17-26(34-41-32)36-14-12-31(3,13-15-36)30(37)38/h8-11,16,21H,4-7,12-15,17-20H2,1-3H3,(H,37,38). The van der Waals surface area contributed by atoms with E-state index in [0.29, 0.717) is 45.1 Å². The number of piperidine rings is 1. The molecule has 3 heterocycles. The van der Waals surface area contributed by atoms with Crippen LogP contribution in [0, 0.1) is 11.2 Å². The molecule has 0 unspecified atom stereocenters. The summed E-state index contributed by atoms with van der Waals surface area (Å²) in [5.74, 6) is 2.03. The van der Waals surface area contributed by atoms with Crippen LogP contribution in [-0.4, -0.2) is 71.7 Å². The Bertz CT molecular complexity index is 1330. The molecular formula is C32H40FN3O5. The van der Waals surface area contributed by atoms with Gasteiger partial charge in [-0.15, -0.1) is 0 Å². The smallest absolute Gasteiger partial charge is 0.309 e. The lowest BCUT2D eigenvalue weighted by atomic mass is 9.80. The van der Waals surface area contributed by atoms with Crippen LogP contribution in [0.15, 0.2) is 35.5 Å². The van der Waals surface area contributed by atoms with Gasteiger partial charge in [-0.25, -0.2) is 4.39 Å². The van der Waals surface area contributed by atoms with Crippen LogP contribution in [0.3, 0.4) is 0 Å². The Morgan fingerprint density at radius 1 is 1.12 bits per heavy atom. The van der Waals surface area contributed by atoms with Crippen LogP contribution in [0.2, 0.25) is 0 Å². The number of carboxylic acids is 1. The molecule has 1 spiro atoms. The molecule has 3 fully saturated rings. The minimum absolute atomic E-state index is 0.268. The summed E-state index contributed by atoms with van der Waals surface area (Å²) >= 11 is 0. The average molecular weight is 566 g/mol. The lowest BCUT2D eigenvalue weighted by Crippen LogP contribution is -2.61. The summed E-state index contributed by atoms with van der Waals surface area (Å²) in [5, 5.41) is 14.0. The molecule has 220 valence electrons. The maximum atomic E-state index is 13.8. The second kappa shape index (κ2) is 10.8. The second-order valence-electron chi connectivity index (χ2n) is 12.3. The lowest BCUT2D eigenvalue weighted by molar-refractivity contribution is -0.150. The molecule has 2 saturated heterocycles. The third-order valence-electron chi connectivity index (χ3n) is 9.07. The number of aliphatic carboxylic acids is 1. The predicted octanol–water partition coefficient (Wildman–Crippen LogP) is 5.64. The minimum Gasteiger partial charge on any atom is -0.493 e. The highest BCUT2D eigenvalue weighted by molar-refractivity contribution is 5.85. The van der Waals surface area contributed by atoms with Crippen LogP contribution in [0.5, 0.6) is 11.5 Å². The molecule has 4 aliphatic rings. The first kappa shape index (κ1) is 27.8.